The Morgan fingerprint density at radius 3 is 2.70 bits per heavy atom. The first-order chi connectivity index (χ1) is 11.0. The summed E-state index contributed by atoms with van der Waals surface area (Å²) in [5, 5.41) is 11.6. The third-order valence-electron chi connectivity index (χ3n) is 3.47. The maximum atomic E-state index is 12.5. The van der Waals surface area contributed by atoms with E-state index in [9.17, 15) is 4.79 Å². The van der Waals surface area contributed by atoms with Crippen LogP contribution in [0.2, 0.25) is 0 Å². The Hall–Kier alpha value is -2.83. The van der Waals surface area contributed by atoms with Gasteiger partial charge in [0.2, 0.25) is 0 Å². The van der Waals surface area contributed by atoms with E-state index in [0.717, 1.165) is 5.56 Å². The van der Waals surface area contributed by atoms with Crippen LogP contribution in [0.5, 0.6) is 0 Å². The minimum atomic E-state index is -0.254. The lowest BCUT2D eigenvalue weighted by molar-refractivity contribution is 0.102. The topological polar surface area (TPSA) is 77.9 Å². The number of nitrogens with one attached hydrogen (secondary N) is 1. The molecule has 3 heterocycles. The minimum Gasteiger partial charge on any atom is -0.463 e. The van der Waals surface area contributed by atoms with Crippen LogP contribution in [0, 0.1) is 6.92 Å². The average Bonchev–Trinajstić information content (AvgIpc) is 3.17. The summed E-state index contributed by atoms with van der Waals surface area (Å²) in [6, 6.07) is 5.54. The molecule has 0 radical (unpaired) electrons. The van der Waals surface area contributed by atoms with Crippen LogP contribution in [0.3, 0.4) is 0 Å². The van der Waals surface area contributed by atoms with Gasteiger partial charge >= 0.3 is 0 Å². The zero-order valence-corrected chi connectivity index (χ0v) is 13.6. The van der Waals surface area contributed by atoms with Gasteiger partial charge in [-0.3, -0.25) is 9.48 Å². The van der Waals surface area contributed by atoms with Crippen LogP contribution in [0.25, 0.3) is 11.5 Å². The van der Waals surface area contributed by atoms with Gasteiger partial charge in [-0.2, -0.15) is 10.2 Å². The molecule has 3 aromatic rings. The van der Waals surface area contributed by atoms with Crippen LogP contribution in [0.15, 0.2) is 35.1 Å². The number of amides is 1. The number of carbonyl (C=O) groups is 1. The zero-order valence-electron chi connectivity index (χ0n) is 13.6. The zero-order chi connectivity index (χ0) is 16.6. The number of aromatic nitrogens is 4. The van der Waals surface area contributed by atoms with Crippen LogP contribution in [-0.2, 0) is 7.05 Å². The van der Waals surface area contributed by atoms with Gasteiger partial charge in [-0.25, -0.2) is 4.68 Å². The smallest absolute Gasteiger partial charge is 0.277 e. The SMILES string of the molecule is Cc1cn(C)nc1C(=O)Nc1cc(-c2ccco2)nn1C(C)C. The van der Waals surface area contributed by atoms with E-state index in [4.69, 9.17) is 4.42 Å². The summed E-state index contributed by atoms with van der Waals surface area (Å²) in [4.78, 5) is 12.5. The van der Waals surface area contributed by atoms with E-state index in [2.05, 4.69) is 15.5 Å². The third-order valence-corrected chi connectivity index (χ3v) is 3.47. The molecular formula is C16H19N5O2. The number of carbonyl (C=O) groups excluding carboxylic acids is 1. The highest BCUT2D eigenvalue weighted by atomic mass is 16.3. The Morgan fingerprint density at radius 1 is 1.35 bits per heavy atom. The number of nitrogens with zero attached hydrogens (tertiary/aromatic N) is 4. The van der Waals surface area contributed by atoms with Gasteiger partial charge in [0.1, 0.15) is 11.5 Å². The molecule has 0 saturated heterocycles. The number of hydrogen-bond donors (Lipinski definition) is 1. The summed E-state index contributed by atoms with van der Waals surface area (Å²) in [6.45, 7) is 5.86. The number of hydrogen-bond acceptors (Lipinski definition) is 4. The predicted molar refractivity (Wildman–Crippen MR) is 86.2 cm³/mol. The van der Waals surface area contributed by atoms with E-state index < -0.39 is 0 Å². The molecular weight excluding hydrogens is 294 g/mol. The van der Waals surface area contributed by atoms with Crippen LogP contribution in [0.4, 0.5) is 5.82 Å². The second-order valence-electron chi connectivity index (χ2n) is 5.72. The van der Waals surface area contributed by atoms with Crippen molar-refractivity contribution in [2.24, 2.45) is 7.05 Å². The number of rotatable bonds is 4. The molecule has 1 amide bonds. The van der Waals surface area contributed by atoms with Crippen molar-refractivity contribution in [3.8, 4) is 11.5 Å². The first kappa shape index (κ1) is 15.1. The second-order valence-corrected chi connectivity index (χ2v) is 5.72. The van der Waals surface area contributed by atoms with Crippen LogP contribution in [-0.4, -0.2) is 25.5 Å². The van der Waals surface area contributed by atoms with Gasteiger partial charge in [0.25, 0.3) is 5.91 Å². The predicted octanol–water partition coefficient (Wildman–Crippen LogP) is 3.02. The van der Waals surface area contributed by atoms with Crippen molar-refractivity contribution in [1.29, 1.82) is 0 Å². The van der Waals surface area contributed by atoms with E-state index in [1.165, 1.54) is 0 Å². The number of aryl methyl sites for hydroxylation is 2. The molecule has 23 heavy (non-hydrogen) atoms. The molecule has 0 aliphatic carbocycles. The summed E-state index contributed by atoms with van der Waals surface area (Å²) in [5.74, 6) is 1.02. The Kier molecular flexibility index (Phi) is 3.77. The van der Waals surface area contributed by atoms with Gasteiger partial charge in [-0.1, -0.05) is 0 Å². The van der Waals surface area contributed by atoms with Gasteiger partial charge in [0.15, 0.2) is 11.5 Å². The molecule has 120 valence electrons. The highest BCUT2D eigenvalue weighted by Gasteiger charge is 2.19. The highest BCUT2D eigenvalue weighted by molar-refractivity contribution is 6.03. The summed E-state index contributed by atoms with van der Waals surface area (Å²) in [5.41, 5.74) is 1.91. The molecule has 0 bridgehead atoms. The Labute approximate surface area is 133 Å². The molecule has 0 spiro atoms. The Morgan fingerprint density at radius 2 is 2.13 bits per heavy atom. The fraction of sp³-hybridized carbons (Fsp3) is 0.312. The van der Waals surface area contributed by atoms with Crippen molar-refractivity contribution >= 4 is 11.7 Å². The molecule has 7 nitrogen and oxygen atoms in total. The normalized spacial score (nSPS) is 11.2. The Balaban J connectivity index is 1.92. The van der Waals surface area contributed by atoms with Gasteiger partial charge in [-0.15, -0.1) is 0 Å². The van der Waals surface area contributed by atoms with E-state index in [1.807, 2.05) is 33.0 Å². The third kappa shape index (κ3) is 2.90. The van der Waals surface area contributed by atoms with Gasteiger partial charge in [-0.05, 0) is 32.9 Å². The summed E-state index contributed by atoms with van der Waals surface area (Å²) < 4.78 is 8.76. The average molecular weight is 313 g/mol. The van der Waals surface area contributed by atoms with Crippen molar-refractivity contribution in [3.63, 3.8) is 0 Å². The molecule has 0 unspecified atom stereocenters. The molecule has 0 saturated carbocycles. The molecule has 0 aliphatic rings. The highest BCUT2D eigenvalue weighted by Crippen LogP contribution is 2.25. The lowest BCUT2D eigenvalue weighted by Crippen LogP contribution is -2.18. The lowest BCUT2D eigenvalue weighted by Gasteiger charge is -2.11. The molecule has 7 heteroatoms. The van der Waals surface area contributed by atoms with Gasteiger partial charge in [0, 0.05) is 30.9 Å². The van der Waals surface area contributed by atoms with E-state index >= 15 is 0 Å². The quantitative estimate of drug-likeness (QED) is 0.803. The monoisotopic (exact) mass is 313 g/mol. The number of anilines is 1. The summed E-state index contributed by atoms with van der Waals surface area (Å²) in [7, 11) is 1.79. The van der Waals surface area contributed by atoms with Crippen molar-refractivity contribution in [1.82, 2.24) is 19.6 Å². The van der Waals surface area contributed by atoms with E-state index in [1.54, 1.807) is 34.8 Å². The van der Waals surface area contributed by atoms with Crippen molar-refractivity contribution < 1.29 is 9.21 Å². The van der Waals surface area contributed by atoms with E-state index in [-0.39, 0.29) is 11.9 Å². The van der Waals surface area contributed by atoms with Crippen LogP contribution in [0.1, 0.15) is 35.9 Å². The van der Waals surface area contributed by atoms with Crippen molar-refractivity contribution in [2.75, 3.05) is 5.32 Å². The lowest BCUT2D eigenvalue weighted by atomic mass is 10.2. The molecule has 0 aromatic carbocycles. The van der Waals surface area contributed by atoms with Gasteiger partial charge < -0.3 is 9.73 Å². The van der Waals surface area contributed by atoms with E-state index in [0.29, 0.717) is 23.0 Å². The van der Waals surface area contributed by atoms with Crippen molar-refractivity contribution in [3.05, 3.63) is 41.9 Å². The fourth-order valence-corrected chi connectivity index (χ4v) is 2.43. The first-order valence-corrected chi connectivity index (χ1v) is 7.40. The van der Waals surface area contributed by atoms with Crippen molar-refractivity contribution in [2.45, 2.75) is 26.8 Å². The second kappa shape index (κ2) is 5.75. The summed E-state index contributed by atoms with van der Waals surface area (Å²) in [6.07, 6.45) is 3.40. The van der Waals surface area contributed by atoms with Gasteiger partial charge in [0.05, 0.1) is 6.26 Å². The maximum Gasteiger partial charge on any atom is 0.277 e. The summed E-state index contributed by atoms with van der Waals surface area (Å²) >= 11 is 0. The standard InChI is InChI=1S/C16H19N5O2/c1-10(2)21-14(8-12(18-21)13-6-5-7-23-13)17-16(22)15-11(3)9-20(4)19-15/h5-10H,1-4H3,(H,17,22). The number of furan rings is 1. The molecule has 3 aromatic heterocycles. The van der Waals surface area contributed by atoms with Crippen LogP contribution < -0.4 is 5.32 Å². The molecule has 0 atom stereocenters. The molecule has 0 fully saturated rings. The fourth-order valence-electron chi connectivity index (χ4n) is 2.43. The Bertz CT molecular complexity index is 827. The molecule has 1 N–H and O–H groups in total. The maximum absolute atomic E-state index is 12.5. The van der Waals surface area contributed by atoms with Crippen LogP contribution >= 0.6 is 0 Å². The molecule has 3 rings (SSSR count). The molecule has 0 aliphatic heterocycles. The largest absolute Gasteiger partial charge is 0.463 e. The first-order valence-electron chi connectivity index (χ1n) is 7.40. The minimum absolute atomic E-state index is 0.0961.